The normalized spacial score (nSPS) is 23.1. The number of carbonyl (C=O) groups excluding carboxylic acids is 1. The number of hydrogen-bond donors (Lipinski definition) is 2. The van der Waals surface area contributed by atoms with Gasteiger partial charge in [-0.15, -0.1) is 0 Å². The lowest BCUT2D eigenvalue weighted by molar-refractivity contribution is -0.154. The minimum absolute atomic E-state index is 0.0737. The quantitative estimate of drug-likeness (QED) is 0.819. The van der Waals surface area contributed by atoms with Gasteiger partial charge in [0.15, 0.2) is 6.04 Å². The van der Waals surface area contributed by atoms with Gasteiger partial charge in [0.25, 0.3) is 10.0 Å². The van der Waals surface area contributed by atoms with Crippen LogP contribution in [0.4, 0.5) is 0 Å². The number of carbonyl (C=O) groups is 2. The van der Waals surface area contributed by atoms with Gasteiger partial charge in [0.2, 0.25) is 5.91 Å². The standard InChI is InChI=1S/C13H15NO6S/c1-8-2-4-9(5-3-8)21(19,20)14-11(16)7-6-10(15)12(14)13(17)18/h2-5,10,12,15H,6-7H2,1H3,(H,17,18)/t10-,12+/m0/s1. The molecule has 0 aliphatic carbocycles. The predicted molar refractivity (Wildman–Crippen MR) is 71.9 cm³/mol. The highest BCUT2D eigenvalue weighted by molar-refractivity contribution is 7.89. The van der Waals surface area contributed by atoms with E-state index >= 15 is 0 Å². The number of aliphatic hydroxyl groups excluding tert-OH is 1. The number of carboxylic acids is 1. The van der Waals surface area contributed by atoms with Crippen LogP contribution < -0.4 is 0 Å². The summed E-state index contributed by atoms with van der Waals surface area (Å²) in [5.74, 6) is -2.38. The summed E-state index contributed by atoms with van der Waals surface area (Å²) >= 11 is 0. The maximum atomic E-state index is 12.5. The Morgan fingerprint density at radius 1 is 1.29 bits per heavy atom. The molecule has 1 aliphatic rings. The van der Waals surface area contributed by atoms with Crippen molar-refractivity contribution in [2.45, 2.75) is 36.8 Å². The van der Waals surface area contributed by atoms with Crippen molar-refractivity contribution < 1.29 is 28.2 Å². The lowest BCUT2D eigenvalue weighted by Crippen LogP contribution is -2.57. The van der Waals surface area contributed by atoms with Gasteiger partial charge in [-0.2, -0.15) is 0 Å². The van der Waals surface area contributed by atoms with Gasteiger partial charge < -0.3 is 10.2 Å². The van der Waals surface area contributed by atoms with E-state index in [-0.39, 0.29) is 22.0 Å². The van der Waals surface area contributed by atoms with E-state index in [4.69, 9.17) is 5.11 Å². The summed E-state index contributed by atoms with van der Waals surface area (Å²) < 4.78 is 25.3. The molecule has 2 rings (SSSR count). The van der Waals surface area contributed by atoms with Crippen LogP contribution in [0.2, 0.25) is 0 Å². The highest BCUT2D eigenvalue weighted by Gasteiger charge is 2.46. The predicted octanol–water partition coefficient (Wildman–Crippen LogP) is 0.120. The van der Waals surface area contributed by atoms with Crippen LogP contribution in [0.3, 0.4) is 0 Å². The Morgan fingerprint density at radius 2 is 1.86 bits per heavy atom. The van der Waals surface area contributed by atoms with E-state index in [1.54, 1.807) is 19.1 Å². The molecule has 0 bridgehead atoms. The first kappa shape index (κ1) is 15.5. The summed E-state index contributed by atoms with van der Waals surface area (Å²) in [4.78, 5) is 23.0. The average Bonchev–Trinajstić information content (AvgIpc) is 2.41. The number of sulfonamides is 1. The van der Waals surface area contributed by atoms with Crippen molar-refractivity contribution in [1.29, 1.82) is 0 Å². The summed E-state index contributed by atoms with van der Waals surface area (Å²) in [6, 6.07) is 3.91. The SMILES string of the molecule is Cc1ccc(S(=O)(=O)N2C(=O)CC[C@H](O)[C@@H]2C(=O)O)cc1. The number of hydrogen-bond acceptors (Lipinski definition) is 5. The fourth-order valence-electron chi connectivity index (χ4n) is 2.22. The number of piperidine rings is 1. The molecule has 1 aromatic rings. The third kappa shape index (κ3) is 2.77. The Kier molecular flexibility index (Phi) is 4.02. The fraction of sp³-hybridized carbons (Fsp3) is 0.385. The largest absolute Gasteiger partial charge is 0.480 e. The smallest absolute Gasteiger partial charge is 0.330 e. The van der Waals surface area contributed by atoms with Crippen LogP contribution in [0.25, 0.3) is 0 Å². The summed E-state index contributed by atoms with van der Waals surface area (Å²) in [5.41, 5.74) is 0.828. The maximum Gasteiger partial charge on any atom is 0.330 e. The van der Waals surface area contributed by atoms with Crippen molar-refractivity contribution in [2.75, 3.05) is 0 Å². The van der Waals surface area contributed by atoms with Crippen molar-refractivity contribution >= 4 is 21.9 Å². The summed E-state index contributed by atoms with van der Waals surface area (Å²) in [5, 5.41) is 18.9. The molecule has 0 aromatic heterocycles. The lowest BCUT2D eigenvalue weighted by atomic mass is 10.0. The van der Waals surface area contributed by atoms with Gasteiger partial charge in [-0.3, -0.25) is 4.79 Å². The molecule has 21 heavy (non-hydrogen) atoms. The topological polar surface area (TPSA) is 112 Å². The van der Waals surface area contributed by atoms with Gasteiger partial charge in [-0.25, -0.2) is 17.5 Å². The summed E-state index contributed by atoms with van der Waals surface area (Å²) in [6.07, 6.45) is -1.70. The molecule has 0 radical (unpaired) electrons. The molecule has 1 saturated heterocycles. The van der Waals surface area contributed by atoms with E-state index in [1.165, 1.54) is 12.1 Å². The highest BCUT2D eigenvalue weighted by Crippen LogP contribution is 2.27. The molecule has 0 unspecified atom stereocenters. The summed E-state index contributed by atoms with van der Waals surface area (Å²) in [7, 11) is -4.31. The Labute approximate surface area is 121 Å². The molecule has 2 N–H and O–H groups in total. The van der Waals surface area contributed by atoms with E-state index in [1.807, 2.05) is 0 Å². The van der Waals surface area contributed by atoms with E-state index < -0.39 is 34.0 Å². The third-order valence-corrected chi connectivity index (χ3v) is 5.16. The zero-order chi connectivity index (χ0) is 15.8. The summed E-state index contributed by atoms with van der Waals surface area (Å²) in [6.45, 7) is 1.77. The highest BCUT2D eigenvalue weighted by atomic mass is 32.2. The zero-order valence-electron chi connectivity index (χ0n) is 11.3. The van der Waals surface area contributed by atoms with Crippen LogP contribution in [0, 0.1) is 6.92 Å². The number of aliphatic hydroxyl groups is 1. The number of rotatable bonds is 3. The minimum atomic E-state index is -4.31. The second-order valence-electron chi connectivity index (χ2n) is 4.90. The van der Waals surface area contributed by atoms with Crippen molar-refractivity contribution in [3.63, 3.8) is 0 Å². The van der Waals surface area contributed by atoms with Crippen molar-refractivity contribution in [3.05, 3.63) is 29.8 Å². The molecule has 8 heteroatoms. The van der Waals surface area contributed by atoms with Crippen molar-refractivity contribution in [3.8, 4) is 0 Å². The minimum Gasteiger partial charge on any atom is -0.480 e. The maximum absolute atomic E-state index is 12.5. The van der Waals surface area contributed by atoms with Gasteiger partial charge in [0.05, 0.1) is 11.0 Å². The monoisotopic (exact) mass is 313 g/mol. The Morgan fingerprint density at radius 3 is 2.38 bits per heavy atom. The van der Waals surface area contributed by atoms with Gasteiger partial charge in [-0.05, 0) is 25.5 Å². The van der Waals surface area contributed by atoms with Crippen LogP contribution in [0.15, 0.2) is 29.2 Å². The molecule has 2 atom stereocenters. The van der Waals surface area contributed by atoms with Crippen LogP contribution >= 0.6 is 0 Å². The molecule has 0 spiro atoms. The van der Waals surface area contributed by atoms with Crippen LogP contribution in [0.5, 0.6) is 0 Å². The lowest BCUT2D eigenvalue weighted by Gasteiger charge is -2.35. The molecule has 1 amide bonds. The zero-order valence-corrected chi connectivity index (χ0v) is 12.1. The first-order valence-corrected chi connectivity index (χ1v) is 7.74. The van der Waals surface area contributed by atoms with Gasteiger partial charge in [-0.1, -0.05) is 17.7 Å². The molecule has 1 fully saturated rings. The number of amides is 1. The van der Waals surface area contributed by atoms with Gasteiger partial charge >= 0.3 is 5.97 Å². The molecular weight excluding hydrogens is 298 g/mol. The first-order valence-electron chi connectivity index (χ1n) is 6.30. The molecule has 0 saturated carbocycles. The Hall–Kier alpha value is -1.93. The first-order chi connectivity index (χ1) is 9.75. The van der Waals surface area contributed by atoms with Gasteiger partial charge in [0, 0.05) is 6.42 Å². The van der Waals surface area contributed by atoms with Crippen molar-refractivity contribution in [2.24, 2.45) is 0 Å². The second-order valence-corrected chi connectivity index (χ2v) is 6.71. The van der Waals surface area contributed by atoms with Crippen molar-refractivity contribution in [1.82, 2.24) is 4.31 Å². The van der Waals surface area contributed by atoms with Crippen LogP contribution in [-0.4, -0.2) is 47.0 Å². The molecule has 1 heterocycles. The Bertz CT molecular complexity index is 666. The Balaban J connectivity index is 2.51. The number of carboxylic acid groups (broad SMARTS) is 1. The molecule has 1 aliphatic heterocycles. The van der Waals surface area contributed by atoms with Crippen LogP contribution in [-0.2, 0) is 19.6 Å². The number of nitrogens with zero attached hydrogens (tertiary/aromatic N) is 1. The third-order valence-electron chi connectivity index (χ3n) is 3.35. The average molecular weight is 313 g/mol. The van der Waals surface area contributed by atoms with E-state index in [2.05, 4.69) is 0 Å². The molecule has 7 nitrogen and oxygen atoms in total. The van der Waals surface area contributed by atoms with Gasteiger partial charge in [0.1, 0.15) is 0 Å². The molecule has 1 aromatic carbocycles. The second kappa shape index (κ2) is 5.45. The fourth-order valence-corrected chi connectivity index (χ4v) is 3.82. The van der Waals surface area contributed by atoms with E-state index in [0.717, 1.165) is 5.56 Å². The number of aliphatic carboxylic acids is 1. The molecule has 114 valence electrons. The number of aryl methyl sites for hydroxylation is 1. The molecular formula is C13H15NO6S. The van der Waals surface area contributed by atoms with E-state index in [0.29, 0.717) is 0 Å². The van der Waals surface area contributed by atoms with E-state index in [9.17, 15) is 23.1 Å². The van der Waals surface area contributed by atoms with Crippen LogP contribution in [0.1, 0.15) is 18.4 Å². The number of benzene rings is 1.